The van der Waals surface area contributed by atoms with Gasteiger partial charge >= 0.3 is 6.18 Å². The molecule has 0 unspecified atom stereocenters. The van der Waals surface area contributed by atoms with Crippen molar-refractivity contribution < 1.29 is 22.8 Å². The molecule has 0 radical (unpaired) electrons. The van der Waals surface area contributed by atoms with Gasteiger partial charge in [-0.15, -0.1) is 0 Å². The molecule has 1 heterocycles. The fraction of sp³-hybridized carbons (Fsp3) is 0.346. The predicted octanol–water partition coefficient (Wildman–Crippen LogP) is 5.47. The van der Waals surface area contributed by atoms with Crippen LogP contribution in [-0.2, 0) is 11.2 Å². The van der Waals surface area contributed by atoms with E-state index in [1.807, 2.05) is 24.4 Å². The summed E-state index contributed by atoms with van der Waals surface area (Å²) in [7, 11) is 0. The maximum Gasteiger partial charge on any atom is 0.405 e. The highest BCUT2D eigenvalue weighted by Crippen LogP contribution is 2.34. The zero-order valence-electron chi connectivity index (χ0n) is 19.3. The second kappa shape index (κ2) is 9.93. The van der Waals surface area contributed by atoms with Gasteiger partial charge in [0, 0.05) is 28.8 Å². The minimum Gasteiger partial charge on any atom is -0.398 e. The normalized spacial score (nSPS) is 13.6. The van der Waals surface area contributed by atoms with Crippen molar-refractivity contribution in [2.24, 2.45) is 5.92 Å². The molecule has 0 saturated heterocycles. The van der Waals surface area contributed by atoms with Gasteiger partial charge in [0.15, 0.2) is 0 Å². The molecule has 0 aliphatic heterocycles. The quantitative estimate of drug-likeness (QED) is 0.370. The van der Waals surface area contributed by atoms with Crippen LogP contribution in [0.4, 0.5) is 24.7 Å². The third-order valence-corrected chi connectivity index (χ3v) is 6.00. The molecule has 35 heavy (non-hydrogen) atoms. The second-order valence-electron chi connectivity index (χ2n) is 8.89. The average molecular weight is 485 g/mol. The van der Waals surface area contributed by atoms with Crippen molar-refractivity contribution in [3.63, 3.8) is 0 Å². The summed E-state index contributed by atoms with van der Waals surface area (Å²) in [5, 5.41) is 6.31. The summed E-state index contributed by atoms with van der Waals surface area (Å²) in [5.74, 6) is -0.306. The first-order valence-electron chi connectivity index (χ1n) is 11.6. The Morgan fingerprint density at radius 3 is 2.60 bits per heavy atom. The van der Waals surface area contributed by atoms with E-state index in [9.17, 15) is 22.8 Å². The highest BCUT2D eigenvalue weighted by atomic mass is 19.4. The molecule has 1 aliphatic carbocycles. The lowest BCUT2D eigenvalue weighted by Gasteiger charge is -2.15. The number of fused-ring (bicyclic) bond motifs is 1. The van der Waals surface area contributed by atoms with E-state index < -0.39 is 18.6 Å². The molecule has 2 amide bonds. The minimum absolute atomic E-state index is 0.0396. The molecule has 6 nitrogen and oxygen atoms in total. The van der Waals surface area contributed by atoms with Crippen molar-refractivity contribution in [1.82, 2.24) is 10.3 Å². The smallest absolute Gasteiger partial charge is 0.398 e. The molecule has 3 aromatic rings. The first-order chi connectivity index (χ1) is 16.6. The van der Waals surface area contributed by atoms with Gasteiger partial charge in [0.1, 0.15) is 12.4 Å². The summed E-state index contributed by atoms with van der Waals surface area (Å²) in [6.07, 6.45) is 1.36. The monoisotopic (exact) mass is 484 g/mol. The Morgan fingerprint density at radius 1 is 1.14 bits per heavy atom. The summed E-state index contributed by atoms with van der Waals surface area (Å²) in [6.45, 7) is 0.658. The fourth-order valence-electron chi connectivity index (χ4n) is 3.96. The standard InChI is InChI=1S/C26H27F3N4O2/c1-2-3-4-16-9-17(24(34)32-14-26(27,28)29)7-8-20(16)18-10-19-12-23(33-25(35)15-5-6-15)31-13-21(19)22(30)11-18/h7-13,15H,2-6,14,30H2,1H3,(H,32,34)(H,31,33,35). The first-order valence-corrected chi connectivity index (χ1v) is 11.6. The van der Waals surface area contributed by atoms with Crippen LogP contribution in [0.1, 0.15) is 48.5 Å². The van der Waals surface area contributed by atoms with E-state index in [0.29, 0.717) is 17.9 Å². The molecule has 1 aliphatic rings. The van der Waals surface area contributed by atoms with E-state index in [1.165, 1.54) is 6.07 Å². The van der Waals surface area contributed by atoms with Gasteiger partial charge in [0.25, 0.3) is 5.91 Å². The topological polar surface area (TPSA) is 97.1 Å². The number of nitrogens with one attached hydrogen (secondary N) is 2. The number of carbonyl (C=O) groups excluding carboxylic acids is 2. The molecule has 2 aromatic carbocycles. The molecule has 9 heteroatoms. The van der Waals surface area contributed by atoms with Gasteiger partial charge in [-0.3, -0.25) is 9.59 Å². The van der Waals surface area contributed by atoms with Crippen LogP contribution in [0, 0.1) is 5.92 Å². The molecule has 4 rings (SSSR count). The molecule has 1 fully saturated rings. The van der Waals surface area contributed by atoms with Crippen molar-refractivity contribution >= 4 is 34.1 Å². The molecule has 0 atom stereocenters. The number of alkyl halides is 3. The van der Waals surface area contributed by atoms with Crippen LogP contribution in [-0.4, -0.2) is 29.5 Å². The number of halogens is 3. The van der Waals surface area contributed by atoms with E-state index in [4.69, 9.17) is 5.73 Å². The number of anilines is 2. The highest BCUT2D eigenvalue weighted by Gasteiger charge is 2.30. The summed E-state index contributed by atoms with van der Waals surface area (Å²) in [5.41, 5.74) is 9.51. The van der Waals surface area contributed by atoms with Crippen LogP contribution in [0.5, 0.6) is 0 Å². The summed E-state index contributed by atoms with van der Waals surface area (Å²) < 4.78 is 37.5. The third-order valence-electron chi connectivity index (χ3n) is 6.00. The number of pyridine rings is 1. The van der Waals surface area contributed by atoms with E-state index in [1.54, 1.807) is 24.4 Å². The SMILES string of the molecule is CCCCc1cc(C(=O)NCC(F)(F)F)ccc1-c1cc(N)c2cnc(NC(=O)C3CC3)cc2c1. The average Bonchev–Trinajstić information content (AvgIpc) is 3.66. The summed E-state index contributed by atoms with van der Waals surface area (Å²) in [4.78, 5) is 28.7. The number of hydrogen-bond donors (Lipinski definition) is 3. The second-order valence-corrected chi connectivity index (χ2v) is 8.89. The number of nitrogens with two attached hydrogens (primary N) is 1. The van der Waals surface area contributed by atoms with Gasteiger partial charge in [-0.2, -0.15) is 13.2 Å². The van der Waals surface area contributed by atoms with Gasteiger partial charge < -0.3 is 16.4 Å². The molecule has 0 bridgehead atoms. The molecule has 0 spiro atoms. The Hall–Kier alpha value is -3.62. The van der Waals surface area contributed by atoms with E-state index in [0.717, 1.165) is 53.1 Å². The molecule has 4 N–H and O–H groups in total. The number of nitrogen functional groups attached to an aromatic ring is 1. The minimum atomic E-state index is -4.48. The maximum absolute atomic E-state index is 12.5. The zero-order valence-corrected chi connectivity index (χ0v) is 19.3. The van der Waals surface area contributed by atoms with Gasteiger partial charge in [0.2, 0.25) is 5.91 Å². The Kier molecular flexibility index (Phi) is 6.95. The highest BCUT2D eigenvalue weighted by molar-refractivity contribution is 6.00. The number of hydrogen-bond acceptors (Lipinski definition) is 4. The van der Waals surface area contributed by atoms with Crippen LogP contribution < -0.4 is 16.4 Å². The van der Waals surface area contributed by atoms with Crippen molar-refractivity contribution in [2.75, 3.05) is 17.6 Å². The largest absolute Gasteiger partial charge is 0.405 e. The number of nitrogens with zero attached hydrogens (tertiary/aromatic N) is 1. The fourth-order valence-corrected chi connectivity index (χ4v) is 3.96. The number of aryl methyl sites for hydroxylation is 1. The first kappa shape index (κ1) is 24.5. The van der Waals surface area contributed by atoms with Crippen LogP contribution in [0.25, 0.3) is 21.9 Å². The number of unbranched alkanes of at least 4 members (excludes halogenated alkanes) is 1. The third kappa shape index (κ3) is 6.09. The lowest BCUT2D eigenvalue weighted by atomic mass is 9.92. The number of amides is 2. The van der Waals surface area contributed by atoms with Crippen molar-refractivity contribution in [2.45, 2.75) is 45.2 Å². The van der Waals surface area contributed by atoms with Crippen molar-refractivity contribution in [1.29, 1.82) is 0 Å². The van der Waals surface area contributed by atoms with Crippen LogP contribution in [0.2, 0.25) is 0 Å². The van der Waals surface area contributed by atoms with Crippen LogP contribution in [0.15, 0.2) is 42.6 Å². The van der Waals surface area contributed by atoms with Crippen LogP contribution in [0.3, 0.4) is 0 Å². The van der Waals surface area contributed by atoms with E-state index >= 15 is 0 Å². The number of carbonyl (C=O) groups is 2. The van der Waals surface area contributed by atoms with E-state index in [-0.39, 0.29) is 17.4 Å². The Bertz CT molecular complexity index is 1270. The molecule has 1 saturated carbocycles. The lowest BCUT2D eigenvalue weighted by Crippen LogP contribution is -2.33. The number of benzene rings is 2. The zero-order chi connectivity index (χ0) is 25.2. The number of rotatable bonds is 8. The Balaban J connectivity index is 1.68. The Labute approximate surface area is 201 Å². The van der Waals surface area contributed by atoms with Gasteiger partial charge in [-0.25, -0.2) is 4.98 Å². The van der Waals surface area contributed by atoms with Gasteiger partial charge in [0.05, 0.1) is 0 Å². The molecule has 1 aromatic heterocycles. The Morgan fingerprint density at radius 2 is 1.91 bits per heavy atom. The molecule has 184 valence electrons. The van der Waals surface area contributed by atoms with Gasteiger partial charge in [-0.05, 0) is 78.1 Å². The summed E-state index contributed by atoms with van der Waals surface area (Å²) in [6, 6.07) is 10.4. The van der Waals surface area contributed by atoms with Crippen molar-refractivity contribution in [3.8, 4) is 11.1 Å². The predicted molar refractivity (Wildman–Crippen MR) is 130 cm³/mol. The molecular formula is C26H27F3N4O2. The number of aromatic nitrogens is 1. The van der Waals surface area contributed by atoms with Crippen molar-refractivity contribution in [3.05, 3.63) is 53.7 Å². The van der Waals surface area contributed by atoms with Gasteiger partial charge in [-0.1, -0.05) is 19.4 Å². The lowest BCUT2D eigenvalue weighted by molar-refractivity contribution is -0.123. The summed E-state index contributed by atoms with van der Waals surface area (Å²) >= 11 is 0. The maximum atomic E-state index is 12.5. The van der Waals surface area contributed by atoms with E-state index in [2.05, 4.69) is 10.3 Å². The van der Waals surface area contributed by atoms with Crippen LogP contribution >= 0.6 is 0 Å². The molecular weight excluding hydrogens is 457 g/mol.